The van der Waals surface area contributed by atoms with Crippen LogP contribution in [-0.4, -0.2) is 52.8 Å². The third-order valence-electron chi connectivity index (χ3n) is 4.52. The Bertz CT molecular complexity index is 572. The molecule has 0 radical (unpaired) electrons. The maximum absolute atomic E-state index is 12.8. The highest BCUT2D eigenvalue weighted by molar-refractivity contribution is 8.00. The zero-order valence-corrected chi connectivity index (χ0v) is 14.9. The predicted molar refractivity (Wildman–Crippen MR) is 91.6 cm³/mol. The topological polar surface area (TPSA) is 81.8 Å². The molecule has 8 heteroatoms. The van der Waals surface area contributed by atoms with Gasteiger partial charge in [-0.15, -0.1) is 0 Å². The summed E-state index contributed by atoms with van der Waals surface area (Å²) >= 11 is 1.28. The second-order valence-electron chi connectivity index (χ2n) is 6.97. The molecule has 2 aliphatic heterocycles. The summed E-state index contributed by atoms with van der Waals surface area (Å²) in [5.41, 5.74) is 0.580. The average molecular weight is 352 g/mol. The number of carbonyl (C=O) groups is 3. The first-order valence-electron chi connectivity index (χ1n) is 8.51. The van der Waals surface area contributed by atoms with Gasteiger partial charge in [-0.3, -0.25) is 19.4 Å². The van der Waals surface area contributed by atoms with E-state index in [2.05, 4.69) is 10.0 Å². The van der Waals surface area contributed by atoms with Crippen molar-refractivity contribution in [3.63, 3.8) is 0 Å². The Balaban J connectivity index is 1.72. The van der Waals surface area contributed by atoms with E-state index in [9.17, 15) is 14.4 Å². The molecule has 0 spiro atoms. The molecule has 0 aromatic carbocycles. The van der Waals surface area contributed by atoms with Crippen LogP contribution >= 0.6 is 11.9 Å². The van der Waals surface area contributed by atoms with E-state index in [-0.39, 0.29) is 30.3 Å². The molecular weight excluding hydrogens is 328 g/mol. The average Bonchev–Trinajstić information content (AvgIpc) is 3.19. The molecule has 1 saturated carbocycles. The fourth-order valence-corrected chi connectivity index (χ4v) is 4.18. The number of hydrogen-bond donors (Lipinski definition) is 2. The minimum atomic E-state index is -0.550. The quantitative estimate of drug-likeness (QED) is 0.732. The van der Waals surface area contributed by atoms with Gasteiger partial charge in [0.1, 0.15) is 12.6 Å². The first kappa shape index (κ1) is 17.3. The second-order valence-corrected chi connectivity index (χ2v) is 7.68. The number of rotatable bonds is 5. The van der Waals surface area contributed by atoms with Crippen molar-refractivity contribution in [1.29, 1.82) is 0 Å². The van der Waals surface area contributed by atoms with Crippen LogP contribution < -0.4 is 10.0 Å². The van der Waals surface area contributed by atoms with E-state index in [0.717, 1.165) is 25.7 Å². The maximum atomic E-state index is 12.8. The highest BCUT2D eigenvalue weighted by Gasteiger charge is 2.45. The summed E-state index contributed by atoms with van der Waals surface area (Å²) in [6, 6.07) is -0.737. The second kappa shape index (κ2) is 7.14. The zero-order chi connectivity index (χ0) is 17.3. The molecule has 7 nitrogen and oxygen atoms in total. The highest BCUT2D eigenvalue weighted by atomic mass is 32.2. The van der Waals surface area contributed by atoms with Crippen molar-refractivity contribution in [3.05, 3.63) is 11.1 Å². The van der Waals surface area contributed by atoms with E-state index >= 15 is 0 Å². The summed E-state index contributed by atoms with van der Waals surface area (Å²) in [5.74, 6) is -0.227. The Morgan fingerprint density at radius 2 is 2.04 bits per heavy atom. The number of fused-ring (bicyclic) bond motifs is 1. The van der Waals surface area contributed by atoms with Crippen LogP contribution in [-0.2, 0) is 9.59 Å². The van der Waals surface area contributed by atoms with Gasteiger partial charge in [0.05, 0.1) is 5.70 Å². The predicted octanol–water partition coefficient (Wildman–Crippen LogP) is 1.43. The van der Waals surface area contributed by atoms with E-state index in [0.29, 0.717) is 12.2 Å². The summed E-state index contributed by atoms with van der Waals surface area (Å²) in [6.07, 6.45) is 4.27. The molecule has 0 aromatic rings. The van der Waals surface area contributed by atoms with E-state index in [1.54, 1.807) is 5.41 Å². The van der Waals surface area contributed by atoms with Crippen LogP contribution in [0.15, 0.2) is 11.1 Å². The lowest BCUT2D eigenvalue weighted by atomic mass is 10.1. The number of nitrogens with zero attached hydrogens (tertiary/aromatic N) is 2. The van der Waals surface area contributed by atoms with E-state index in [1.165, 1.54) is 21.7 Å². The normalized spacial score (nSPS) is 24.6. The molecule has 4 amide bonds. The Hall–Kier alpha value is -1.54. The van der Waals surface area contributed by atoms with Gasteiger partial charge in [0.2, 0.25) is 5.91 Å². The zero-order valence-electron chi connectivity index (χ0n) is 14.1. The van der Waals surface area contributed by atoms with E-state index in [4.69, 9.17) is 0 Å². The van der Waals surface area contributed by atoms with Crippen molar-refractivity contribution < 1.29 is 14.4 Å². The minimum absolute atomic E-state index is 0.0399. The fraction of sp³-hybridized carbons (Fsp3) is 0.688. The van der Waals surface area contributed by atoms with Crippen LogP contribution in [0.3, 0.4) is 0 Å². The number of amides is 4. The van der Waals surface area contributed by atoms with Crippen molar-refractivity contribution in [1.82, 2.24) is 19.8 Å². The summed E-state index contributed by atoms with van der Waals surface area (Å²) in [7, 11) is 0. The Morgan fingerprint density at radius 3 is 2.71 bits per heavy atom. The van der Waals surface area contributed by atoms with Crippen molar-refractivity contribution in [2.45, 2.75) is 51.6 Å². The molecule has 2 heterocycles. The molecule has 2 fully saturated rings. The minimum Gasteiger partial charge on any atom is -0.352 e. The molecule has 1 unspecified atom stereocenters. The van der Waals surface area contributed by atoms with Crippen LogP contribution in [0, 0.1) is 5.92 Å². The summed E-state index contributed by atoms with van der Waals surface area (Å²) in [5, 5.41) is 4.75. The Kier molecular flexibility index (Phi) is 5.15. The molecule has 1 atom stereocenters. The first-order valence-corrected chi connectivity index (χ1v) is 9.39. The van der Waals surface area contributed by atoms with Crippen molar-refractivity contribution in [2.75, 3.05) is 13.1 Å². The largest absolute Gasteiger partial charge is 0.352 e. The lowest BCUT2D eigenvalue weighted by Crippen LogP contribution is -2.61. The molecular formula is C16H24N4O3S. The smallest absolute Gasteiger partial charge is 0.331 e. The van der Waals surface area contributed by atoms with Crippen LogP contribution in [0.4, 0.5) is 4.79 Å². The van der Waals surface area contributed by atoms with Gasteiger partial charge in [0.15, 0.2) is 0 Å². The van der Waals surface area contributed by atoms with Gasteiger partial charge >= 0.3 is 6.03 Å². The van der Waals surface area contributed by atoms with Gasteiger partial charge in [-0.05, 0) is 18.8 Å². The summed E-state index contributed by atoms with van der Waals surface area (Å²) in [6.45, 7) is 4.23. The monoisotopic (exact) mass is 352 g/mol. The molecule has 0 bridgehead atoms. The van der Waals surface area contributed by atoms with Gasteiger partial charge < -0.3 is 5.32 Å². The van der Waals surface area contributed by atoms with E-state index in [1.807, 2.05) is 13.8 Å². The van der Waals surface area contributed by atoms with Gasteiger partial charge in [0.25, 0.3) is 5.91 Å². The summed E-state index contributed by atoms with van der Waals surface area (Å²) < 4.78 is 3.02. The maximum Gasteiger partial charge on any atom is 0.331 e. The third kappa shape index (κ3) is 3.44. The lowest BCUT2D eigenvalue weighted by Gasteiger charge is -2.38. The molecule has 1 saturated heterocycles. The molecule has 3 rings (SSSR count). The van der Waals surface area contributed by atoms with Gasteiger partial charge in [-0.25, -0.2) is 9.52 Å². The van der Waals surface area contributed by atoms with Gasteiger partial charge in [0, 0.05) is 18.0 Å². The van der Waals surface area contributed by atoms with Crippen molar-refractivity contribution in [2.24, 2.45) is 5.92 Å². The molecule has 3 aliphatic rings. The summed E-state index contributed by atoms with van der Waals surface area (Å²) in [4.78, 5) is 40.3. The number of imide groups is 1. The van der Waals surface area contributed by atoms with Crippen LogP contribution in [0.25, 0.3) is 0 Å². The first-order chi connectivity index (χ1) is 11.5. The van der Waals surface area contributed by atoms with Crippen LogP contribution in [0.1, 0.15) is 39.5 Å². The molecule has 132 valence electrons. The molecule has 1 aliphatic carbocycles. The standard InChI is InChI=1S/C16H24N4O3S/c1-10(2)7-20-15(22)14-12(9-24-18-14)19(16(20)23)8-13(21)17-11-5-3-4-6-11/h9-11,14,18H,3-8H2,1-2H3,(H,17,21). The number of nitrogens with one attached hydrogen (secondary N) is 2. The van der Waals surface area contributed by atoms with Crippen LogP contribution in [0.2, 0.25) is 0 Å². The van der Waals surface area contributed by atoms with E-state index < -0.39 is 12.1 Å². The third-order valence-corrected chi connectivity index (χ3v) is 5.25. The number of hydrogen-bond acceptors (Lipinski definition) is 5. The highest BCUT2D eigenvalue weighted by Crippen LogP contribution is 2.29. The molecule has 0 aromatic heterocycles. The SMILES string of the molecule is CC(C)CN1C(=O)C2NSC=C2N(CC(=O)NC2CCCC2)C1=O. The number of urea groups is 1. The van der Waals surface area contributed by atoms with Crippen LogP contribution in [0.5, 0.6) is 0 Å². The van der Waals surface area contributed by atoms with Gasteiger partial charge in [-0.1, -0.05) is 38.6 Å². The fourth-order valence-electron chi connectivity index (χ4n) is 3.37. The van der Waals surface area contributed by atoms with Crippen molar-refractivity contribution in [3.8, 4) is 0 Å². The number of carbonyl (C=O) groups excluding carboxylic acids is 3. The Morgan fingerprint density at radius 1 is 1.33 bits per heavy atom. The van der Waals surface area contributed by atoms with Gasteiger partial charge in [-0.2, -0.15) is 0 Å². The molecule has 2 N–H and O–H groups in total. The molecule has 24 heavy (non-hydrogen) atoms. The Labute approximate surface area is 146 Å². The lowest BCUT2D eigenvalue weighted by molar-refractivity contribution is -0.133. The van der Waals surface area contributed by atoms with Crippen molar-refractivity contribution >= 4 is 29.8 Å².